The Bertz CT molecular complexity index is 561. The zero-order valence-electron chi connectivity index (χ0n) is 9.93. The van der Waals surface area contributed by atoms with Gasteiger partial charge in [0.2, 0.25) is 0 Å². The molecule has 0 aliphatic carbocycles. The second-order valence-corrected chi connectivity index (χ2v) is 4.02. The molecule has 0 aliphatic rings. The summed E-state index contributed by atoms with van der Waals surface area (Å²) in [5.74, 6) is -0.386. The molecule has 5 heteroatoms. The number of carboxylic acid groups (broad SMARTS) is 1. The number of rotatable bonds is 4. The highest BCUT2D eigenvalue weighted by atomic mass is 19.1. The molecule has 4 nitrogen and oxygen atoms in total. The average Bonchev–Trinajstić information content (AvgIpc) is 2.69. The lowest BCUT2D eigenvalue weighted by Crippen LogP contribution is -2.04. The zero-order chi connectivity index (χ0) is 13.1. The van der Waals surface area contributed by atoms with Crippen molar-refractivity contribution in [3.8, 4) is 11.3 Å². The summed E-state index contributed by atoms with van der Waals surface area (Å²) in [5.41, 5.74) is 1.53. The van der Waals surface area contributed by atoms with Gasteiger partial charge < -0.3 is 9.67 Å². The van der Waals surface area contributed by atoms with Crippen molar-refractivity contribution >= 4 is 5.97 Å². The number of hydrogen-bond donors (Lipinski definition) is 1. The van der Waals surface area contributed by atoms with Crippen LogP contribution in [0.1, 0.15) is 12.2 Å². The maximum Gasteiger partial charge on any atom is 0.305 e. The van der Waals surface area contributed by atoms with E-state index in [-0.39, 0.29) is 12.2 Å². The van der Waals surface area contributed by atoms with Gasteiger partial charge in [-0.2, -0.15) is 0 Å². The van der Waals surface area contributed by atoms with Gasteiger partial charge in [-0.15, -0.1) is 0 Å². The van der Waals surface area contributed by atoms with Crippen molar-refractivity contribution in [3.05, 3.63) is 42.1 Å². The van der Waals surface area contributed by atoms with E-state index in [0.29, 0.717) is 6.54 Å². The number of aryl methyl sites for hydroxylation is 2. The Morgan fingerprint density at radius 2 is 2.06 bits per heavy atom. The Morgan fingerprint density at radius 3 is 2.67 bits per heavy atom. The molecule has 18 heavy (non-hydrogen) atoms. The molecule has 0 radical (unpaired) electrons. The number of hydrogen-bond acceptors (Lipinski definition) is 2. The second kappa shape index (κ2) is 5.00. The van der Waals surface area contributed by atoms with Crippen molar-refractivity contribution in [2.75, 3.05) is 0 Å². The molecule has 2 rings (SSSR count). The van der Waals surface area contributed by atoms with Crippen molar-refractivity contribution in [3.63, 3.8) is 0 Å². The number of carboxylic acids is 1. The Hall–Kier alpha value is -2.17. The summed E-state index contributed by atoms with van der Waals surface area (Å²) in [6.07, 6.45) is 1.84. The molecule has 0 bridgehead atoms. The minimum absolute atomic E-state index is 0.0556. The molecule has 0 fully saturated rings. The van der Waals surface area contributed by atoms with E-state index in [0.717, 1.165) is 17.1 Å². The molecule has 1 aromatic carbocycles. The number of benzene rings is 1. The first kappa shape index (κ1) is 12.3. The lowest BCUT2D eigenvalue weighted by Gasteiger charge is -2.00. The molecular formula is C13H13FN2O2. The van der Waals surface area contributed by atoms with Crippen LogP contribution < -0.4 is 0 Å². The fourth-order valence-electron chi connectivity index (χ4n) is 1.71. The van der Waals surface area contributed by atoms with E-state index in [9.17, 15) is 9.18 Å². The van der Waals surface area contributed by atoms with Gasteiger partial charge in [0, 0.05) is 18.3 Å². The summed E-state index contributed by atoms with van der Waals surface area (Å²) in [6.45, 7) is 2.20. The standard InChI is InChI=1S/C13H13FN2O2/c1-9-15-12(8-16(9)7-6-13(17)18)10-2-4-11(14)5-3-10/h2-5,8H,6-7H2,1H3,(H,17,18). The molecule has 0 saturated heterocycles. The molecule has 0 unspecified atom stereocenters. The molecule has 94 valence electrons. The van der Waals surface area contributed by atoms with Gasteiger partial charge in [-0.1, -0.05) is 0 Å². The molecule has 0 amide bonds. The monoisotopic (exact) mass is 248 g/mol. The minimum Gasteiger partial charge on any atom is -0.481 e. The maximum absolute atomic E-state index is 12.8. The molecule has 1 aromatic heterocycles. The third-order valence-corrected chi connectivity index (χ3v) is 2.68. The largest absolute Gasteiger partial charge is 0.481 e. The summed E-state index contributed by atoms with van der Waals surface area (Å²) in [6, 6.07) is 6.05. The van der Waals surface area contributed by atoms with E-state index < -0.39 is 5.97 Å². The molecule has 0 saturated carbocycles. The summed E-state index contributed by atoms with van der Waals surface area (Å²) in [5, 5.41) is 8.64. The van der Waals surface area contributed by atoms with E-state index in [2.05, 4.69) is 4.98 Å². The Kier molecular flexibility index (Phi) is 3.41. The maximum atomic E-state index is 12.8. The first-order valence-electron chi connectivity index (χ1n) is 5.58. The molecule has 0 atom stereocenters. The van der Waals surface area contributed by atoms with Crippen LogP contribution in [0, 0.1) is 12.7 Å². The van der Waals surface area contributed by atoms with E-state index in [4.69, 9.17) is 5.11 Å². The smallest absolute Gasteiger partial charge is 0.305 e. The summed E-state index contributed by atoms with van der Waals surface area (Å²) < 4.78 is 14.6. The number of aliphatic carboxylic acids is 1. The highest BCUT2D eigenvalue weighted by Crippen LogP contribution is 2.19. The first-order chi connectivity index (χ1) is 8.56. The summed E-state index contributed by atoms with van der Waals surface area (Å²) in [4.78, 5) is 14.9. The third-order valence-electron chi connectivity index (χ3n) is 2.68. The quantitative estimate of drug-likeness (QED) is 0.904. The van der Waals surface area contributed by atoms with Gasteiger partial charge in [0.05, 0.1) is 12.1 Å². The summed E-state index contributed by atoms with van der Waals surface area (Å²) in [7, 11) is 0. The van der Waals surface area contributed by atoms with Crippen molar-refractivity contribution in [1.29, 1.82) is 0 Å². The van der Waals surface area contributed by atoms with Gasteiger partial charge in [0.25, 0.3) is 0 Å². The molecule has 1 N–H and O–H groups in total. The molecular weight excluding hydrogens is 235 g/mol. The van der Waals surface area contributed by atoms with Crippen molar-refractivity contribution in [1.82, 2.24) is 9.55 Å². The van der Waals surface area contributed by atoms with Gasteiger partial charge in [0.1, 0.15) is 11.6 Å². The van der Waals surface area contributed by atoms with E-state index in [1.165, 1.54) is 12.1 Å². The summed E-state index contributed by atoms with van der Waals surface area (Å²) >= 11 is 0. The first-order valence-corrected chi connectivity index (χ1v) is 5.58. The van der Waals surface area contributed by atoms with Crippen LogP contribution in [0.25, 0.3) is 11.3 Å². The highest BCUT2D eigenvalue weighted by Gasteiger charge is 2.07. The van der Waals surface area contributed by atoms with Gasteiger partial charge in [0.15, 0.2) is 0 Å². The molecule has 1 heterocycles. The SMILES string of the molecule is Cc1nc(-c2ccc(F)cc2)cn1CCC(=O)O. The van der Waals surface area contributed by atoms with Crippen LogP contribution in [0.5, 0.6) is 0 Å². The molecule has 0 aliphatic heterocycles. The Morgan fingerprint density at radius 1 is 1.39 bits per heavy atom. The number of imidazole rings is 1. The van der Waals surface area contributed by atoms with Gasteiger partial charge in [-0.05, 0) is 31.2 Å². The Balaban J connectivity index is 2.22. The Labute approximate surface area is 104 Å². The zero-order valence-corrected chi connectivity index (χ0v) is 9.93. The third kappa shape index (κ3) is 2.74. The number of nitrogens with zero attached hydrogens (tertiary/aromatic N) is 2. The van der Waals surface area contributed by atoms with E-state index in [1.54, 1.807) is 22.9 Å². The van der Waals surface area contributed by atoms with E-state index >= 15 is 0 Å². The number of carbonyl (C=O) groups is 1. The number of halogens is 1. The van der Waals surface area contributed by atoms with Crippen LogP contribution in [0.4, 0.5) is 4.39 Å². The highest BCUT2D eigenvalue weighted by molar-refractivity contribution is 5.66. The predicted octanol–water partition coefficient (Wildman–Crippen LogP) is 2.47. The van der Waals surface area contributed by atoms with Gasteiger partial charge in [-0.25, -0.2) is 9.37 Å². The predicted molar refractivity (Wildman–Crippen MR) is 64.6 cm³/mol. The van der Waals surface area contributed by atoms with Crippen molar-refractivity contribution in [2.24, 2.45) is 0 Å². The topological polar surface area (TPSA) is 55.1 Å². The van der Waals surface area contributed by atoms with Crippen LogP contribution in [-0.4, -0.2) is 20.6 Å². The fourth-order valence-corrected chi connectivity index (χ4v) is 1.71. The van der Waals surface area contributed by atoms with Crippen LogP contribution >= 0.6 is 0 Å². The average molecular weight is 248 g/mol. The van der Waals surface area contributed by atoms with Gasteiger partial charge in [-0.3, -0.25) is 4.79 Å². The minimum atomic E-state index is -0.841. The molecule has 0 spiro atoms. The molecule has 2 aromatic rings. The van der Waals surface area contributed by atoms with Crippen LogP contribution in [-0.2, 0) is 11.3 Å². The van der Waals surface area contributed by atoms with Crippen molar-refractivity contribution in [2.45, 2.75) is 19.9 Å². The van der Waals surface area contributed by atoms with Gasteiger partial charge >= 0.3 is 5.97 Å². The van der Waals surface area contributed by atoms with E-state index in [1.807, 2.05) is 6.92 Å². The second-order valence-electron chi connectivity index (χ2n) is 4.02. The van der Waals surface area contributed by atoms with Crippen LogP contribution in [0.3, 0.4) is 0 Å². The normalized spacial score (nSPS) is 10.6. The fraction of sp³-hybridized carbons (Fsp3) is 0.231. The lowest BCUT2D eigenvalue weighted by molar-refractivity contribution is -0.137. The van der Waals surface area contributed by atoms with Crippen LogP contribution in [0.2, 0.25) is 0 Å². The lowest BCUT2D eigenvalue weighted by atomic mass is 10.2. The van der Waals surface area contributed by atoms with Crippen molar-refractivity contribution < 1.29 is 14.3 Å². The number of aromatic nitrogens is 2. The van der Waals surface area contributed by atoms with Crippen LogP contribution in [0.15, 0.2) is 30.5 Å².